The molecule has 19 heavy (non-hydrogen) atoms. The van der Waals surface area contributed by atoms with Crippen molar-refractivity contribution in [1.29, 1.82) is 0 Å². The van der Waals surface area contributed by atoms with Crippen molar-refractivity contribution in [2.45, 2.75) is 44.6 Å². The molecular weight excluding hydrogens is 326 g/mol. The van der Waals surface area contributed by atoms with E-state index in [-0.39, 0.29) is 5.91 Å². The van der Waals surface area contributed by atoms with Crippen LogP contribution in [-0.4, -0.2) is 25.2 Å². The van der Waals surface area contributed by atoms with Crippen LogP contribution in [0.1, 0.15) is 48.9 Å². The Labute approximate surface area is 126 Å². The summed E-state index contributed by atoms with van der Waals surface area (Å²) in [6.45, 7) is 1.43. The normalized spacial score (nSPS) is 16.5. The molecule has 0 bridgehead atoms. The van der Waals surface area contributed by atoms with Gasteiger partial charge in [0.25, 0.3) is 5.91 Å². The number of hydrogen-bond donors (Lipinski definition) is 1. The lowest BCUT2D eigenvalue weighted by Crippen LogP contribution is -2.25. The number of carbonyl (C=O) groups is 1. The molecule has 1 amide bonds. The fourth-order valence-electron chi connectivity index (χ4n) is 2.29. The van der Waals surface area contributed by atoms with Crippen molar-refractivity contribution in [3.63, 3.8) is 0 Å². The predicted octanol–water partition coefficient (Wildman–Crippen LogP) is 3.98. The monoisotopic (exact) mass is 345 g/mol. The summed E-state index contributed by atoms with van der Waals surface area (Å²) in [5.74, 6) is -0.000355. The number of ether oxygens (including phenoxy) is 1. The molecule has 0 saturated heterocycles. The third kappa shape index (κ3) is 5.24. The van der Waals surface area contributed by atoms with Crippen molar-refractivity contribution in [1.82, 2.24) is 5.32 Å². The molecule has 3 nitrogen and oxygen atoms in total. The molecular formula is C14H20BrNO2S. The number of carbonyl (C=O) groups excluding carboxylic acids is 1. The summed E-state index contributed by atoms with van der Waals surface area (Å²) in [7, 11) is 0. The van der Waals surface area contributed by atoms with Crippen LogP contribution >= 0.6 is 27.3 Å². The lowest BCUT2D eigenvalue weighted by atomic mass is 9.98. The van der Waals surface area contributed by atoms with Gasteiger partial charge < -0.3 is 10.1 Å². The van der Waals surface area contributed by atoms with Gasteiger partial charge in [0.05, 0.1) is 15.5 Å². The van der Waals surface area contributed by atoms with E-state index in [4.69, 9.17) is 4.74 Å². The van der Waals surface area contributed by atoms with Crippen LogP contribution in [0.4, 0.5) is 0 Å². The topological polar surface area (TPSA) is 38.3 Å². The summed E-state index contributed by atoms with van der Waals surface area (Å²) in [4.78, 5) is 11.8. The summed E-state index contributed by atoms with van der Waals surface area (Å²) in [5.41, 5.74) is 0.727. The van der Waals surface area contributed by atoms with Gasteiger partial charge >= 0.3 is 0 Å². The SMILES string of the molecule is O=C(NCCCOC1CCCCC1)c1csc(Br)c1. The Hall–Kier alpha value is -0.390. The summed E-state index contributed by atoms with van der Waals surface area (Å²) in [6, 6.07) is 1.85. The Morgan fingerprint density at radius 3 is 2.89 bits per heavy atom. The zero-order chi connectivity index (χ0) is 13.5. The molecule has 5 heteroatoms. The lowest BCUT2D eigenvalue weighted by molar-refractivity contribution is 0.0273. The molecule has 0 aromatic carbocycles. The van der Waals surface area contributed by atoms with Crippen molar-refractivity contribution in [2.24, 2.45) is 0 Å². The Kier molecular flexibility index (Phi) is 6.34. The van der Waals surface area contributed by atoms with Gasteiger partial charge in [-0.25, -0.2) is 0 Å². The minimum Gasteiger partial charge on any atom is -0.378 e. The summed E-state index contributed by atoms with van der Waals surface area (Å²) in [6.07, 6.45) is 7.70. The number of amides is 1. The average molecular weight is 346 g/mol. The minimum absolute atomic E-state index is 0.000355. The maximum Gasteiger partial charge on any atom is 0.252 e. The third-order valence-electron chi connectivity index (χ3n) is 3.34. The zero-order valence-electron chi connectivity index (χ0n) is 11.0. The second-order valence-corrected chi connectivity index (χ2v) is 7.17. The molecule has 106 valence electrons. The number of rotatable bonds is 6. The molecule has 1 aromatic heterocycles. The Bertz CT molecular complexity index is 402. The van der Waals surface area contributed by atoms with E-state index in [0.29, 0.717) is 12.6 Å². The highest BCUT2D eigenvalue weighted by molar-refractivity contribution is 9.11. The zero-order valence-corrected chi connectivity index (χ0v) is 13.4. The average Bonchev–Trinajstić information content (AvgIpc) is 2.86. The van der Waals surface area contributed by atoms with Crippen molar-refractivity contribution in [3.8, 4) is 0 Å². The van der Waals surface area contributed by atoms with E-state index in [1.54, 1.807) is 0 Å². The molecule has 1 aromatic rings. The van der Waals surface area contributed by atoms with Gasteiger partial charge in [-0.3, -0.25) is 4.79 Å². The van der Waals surface area contributed by atoms with Crippen molar-refractivity contribution in [2.75, 3.05) is 13.2 Å². The maximum atomic E-state index is 11.8. The van der Waals surface area contributed by atoms with Crippen LogP contribution < -0.4 is 5.32 Å². The minimum atomic E-state index is -0.000355. The van der Waals surface area contributed by atoms with Crippen LogP contribution in [0, 0.1) is 0 Å². The highest BCUT2D eigenvalue weighted by Gasteiger charge is 2.13. The summed E-state index contributed by atoms with van der Waals surface area (Å²) >= 11 is 4.88. The van der Waals surface area contributed by atoms with Gasteiger partial charge in [0.2, 0.25) is 0 Å². The molecule has 1 aliphatic rings. The summed E-state index contributed by atoms with van der Waals surface area (Å²) in [5, 5.41) is 4.78. The van der Waals surface area contributed by atoms with Crippen molar-refractivity contribution < 1.29 is 9.53 Å². The number of hydrogen-bond acceptors (Lipinski definition) is 3. The van der Waals surface area contributed by atoms with Gasteiger partial charge in [-0.1, -0.05) is 19.3 Å². The van der Waals surface area contributed by atoms with Crippen LogP contribution in [0.25, 0.3) is 0 Å². The van der Waals surface area contributed by atoms with Gasteiger partial charge in [0.15, 0.2) is 0 Å². The predicted molar refractivity (Wildman–Crippen MR) is 81.8 cm³/mol. The molecule has 0 spiro atoms. The first-order valence-corrected chi connectivity index (χ1v) is 8.57. The Morgan fingerprint density at radius 2 is 2.21 bits per heavy atom. The molecule has 1 heterocycles. The first kappa shape index (κ1) is 15.0. The van der Waals surface area contributed by atoms with Gasteiger partial charge in [0.1, 0.15) is 0 Å². The van der Waals surface area contributed by atoms with E-state index in [2.05, 4.69) is 21.2 Å². The molecule has 0 radical (unpaired) electrons. The lowest BCUT2D eigenvalue weighted by Gasteiger charge is -2.21. The van der Waals surface area contributed by atoms with Gasteiger partial charge in [-0.05, 0) is 41.3 Å². The van der Waals surface area contributed by atoms with E-state index in [0.717, 1.165) is 22.4 Å². The second kappa shape index (κ2) is 8.02. The standard InChI is InChI=1S/C14H20BrNO2S/c15-13-9-11(10-19-13)14(17)16-7-4-8-18-12-5-2-1-3-6-12/h9-10,12H,1-8H2,(H,16,17). The van der Waals surface area contributed by atoms with Crippen LogP contribution in [0.15, 0.2) is 15.2 Å². The molecule has 1 aliphatic carbocycles. The van der Waals surface area contributed by atoms with Gasteiger partial charge in [-0.2, -0.15) is 0 Å². The number of thiophene rings is 1. The first-order chi connectivity index (χ1) is 9.25. The van der Waals surface area contributed by atoms with E-state index in [1.165, 1.54) is 43.4 Å². The van der Waals surface area contributed by atoms with Crippen molar-refractivity contribution >= 4 is 33.2 Å². The van der Waals surface area contributed by atoms with Gasteiger partial charge in [-0.15, -0.1) is 11.3 Å². The van der Waals surface area contributed by atoms with E-state index < -0.39 is 0 Å². The Morgan fingerprint density at radius 1 is 1.42 bits per heavy atom. The summed E-state index contributed by atoms with van der Waals surface area (Å²) < 4.78 is 6.80. The molecule has 1 N–H and O–H groups in total. The highest BCUT2D eigenvalue weighted by Crippen LogP contribution is 2.21. The molecule has 1 saturated carbocycles. The number of halogens is 1. The van der Waals surface area contributed by atoms with E-state index in [1.807, 2.05) is 11.4 Å². The number of nitrogens with one attached hydrogen (secondary N) is 1. The molecule has 0 atom stereocenters. The third-order valence-corrected chi connectivity index (χ3v) is 4.85. The smallest absolute Gasteiger partial charge is 0.252 e. The largest absolute Gasteiger partial charge is 0.378 e. The molecule has 1 fully saturated rings. The maximum absolute atomic E-state index is 11.8. The van der Waals surface area contributed by atoms with Crippen LogP contribution in [-0.2, 0) is 4.74 Å². The quantitative estimate of drug-likeness (QED) is 0.792. The second-order valence-electron chi connectivity index (χ2n) is 4.88. The highest BCUT2D eigenvalue weighted by atomic mass is 79.9. The van der Waals surface area contributed by atoms with Crippen LogP contribution in [0.3, 0.4) is 0 Å². The Balaban J connectivity index is 1.55. The van der Waals surface area contributed by atoms with Crippen LogP contribution in [0.5, 0.6) is 0 Å². The van der Waals surface area contributed by atoms with Gasteiger partial charge in [0, 0.05) is 18.5 Å². The molecule has 2 rings (SSSR count). The fraction of sp³-hybridized carbons (Fsp3) is 0.643. The van der Waals surface area contributed by atoms with Crippen LogP contribution in [0.2, 0.25) is 0 Å². The van der Waals surface area contributed by atoms with E-state index in [9.17, 15) is 4.79 Å². The van der Waals surface area contributed by atoms with Crippen molar-refractivity contribution in [3.05, 3.63) is 20.8 Å². The molecule has 0 unspecified atom stereocenters. The fourth-order valence-corrected chi connectivity index (χ4v) is 3.42. The first-order valence-electron chi connectivity index (χ1n) is 6.89. The van der Waals surface area contributed by atoms with E-state index >= 15 is 0 Å². The molecule has 0 aliphatic heterocycles.